The monoisotopic (exact) mass is 375 g/mol. The fourth-order valence-electron chi connectivity index (χ4n) is 3.12. The topological polar surface area (TPSA) is 73.9 Å². The van der Waals surface area contributed by atoms with Crippen LogP contribution in [0.4, 0.5) is 0 Å². The average Bonchev–Trinajstić information content (AvgIpc) is 2.70. The van der Waals surface area contributed by atoms with E-state index in [1.807, 2.05) is 0 Å². The van der Waals surface area contributed by atoms with Gasteiger partial charge >= 0.3 is 5.97 Å². The van der Waals surface area contributed by atoms with E-state index >= 15 is 0 Å². The highest BCUT2D eigenvalue weighted by molar-refractivity contribution is 5.92. The Morgan fingerprint density at radius 2 is 2.00 bits per heavy atom. The van der Waals surface area contributed by atoms with Crippen LogP contribution in [0.5, 0.6) is 11.5 Å². The smallest absolute Gasteiger partial charge is 0.339 e. The molecule has 1 fully saturated rings. The van der Waals surface area contributed by atoms with Crippen LogP contribution in [-0.2, 0) is 9.53 Å². The first-order valence-corrected chi connectivity index (χ1v) is 9.45. The first-order valence-electron chi connectivity index (χ1n) is 9.45. The SMILES string of the molecule is C=CCOc1ccc(C(=O)OC(C)C(=O)NCC2CCCCC2)cc1OC. The van der Waals surface area contributed by atoms with E-state index in [4.69, 9.17) is 14.2 Å². The van der Waals surface area contributed by atoms with Gasteiger partial charge in [0, 0.05) is 6.54 Å². The molecular formula is C21H29NO5. The van der Waals surface area contributed by atoms with Gasteiger partial charge in [-0.1, -0.05) is 31.9 Å². The van der Waals surface area contributed by atoms with Gasteiger partial charge in [0.05, 0.1) is 12.7 Å². The lowest BCUT2D eigenvalue weighted by Crippen LogP contribution is -2.38. The van der Waals surface area contributed by atoms with E-state index in [0.717, 1.165) is 12.8 Å². The highest BCUT2D eigenvalue weighted by atomic mass is 16.5. The van der Waals surface area contributed by atoms with E-state index in [9.17, 15) is 9.59 Å². The second-order valence-electron chi connectivity index (χ2n) is 6.76. The molecule has 0 bridgehead atoms. The summed E-state index contributed by atoms with van der Waals surface area (Å²) in [6.45, 7) is 6.14. The molecule has 27 heavy (non-hydrogen) atoms. The first-order chi connectivity index (χ1) is 13.0. The molecule has 0 radical (unpaired) electrons. The predicted molar refractivity (Wildman–Crippen MR) is 103 cm³/mol. The zero-order valence-electron chi connectivity index (χ0n) is 16.2. The molecule has 1 aromatic carbocycles. The number of amides is 1. The van der Waals surface area contributed by atoms with E-state index in [1.54, 1.807) is 25.1 Å². The third-order valence-corrected chi connectivity index (χ3v) is 4.70. The first kappa shape index (κ1) is 20.8. The van der Waals surface area contributed by atoms with Crippen molar-refractivity contribution in [3.63, 3.8) is 0 Å². The van der Waals surface area contributed by atoms with Crippen molar-refractivity contribution in [1.29, 1.82) is 0 Å². The van der Waals surface area contributed by atoms with Crippen LogP contribution in [0.1, 0.15) is 49.4 Å². The molecule has 1 atom stereocenters. The molecule has 0 saturated heterocycles. The van der Waals surface area contributed by atoms with Gasteiger partial charge in [-0.15, -0.1) is 0 Å². The Labute approximate surface area is 160 Å². The van der Waals surface area contributed by atoms with Crippen molar-refractivity contribution in [3.8, 4) is 11.5 Å². The number of carbonyl (C=O) groups is 2. The number of ether oxygens (including phenoxy) is 3. The normalized spacial score (nSPS) is 15.5. The second-order valence-corrected chi connectivity index (χ2v) is 6.76. The van der Waals surface area contributed by atoms with Gasteiger partial charge in [-0.3, -0.25) is 4.79 Å². The van der Waals surface area contributed by atoms with Crippen molar-refractivity contribution < 1.29 is 23.8 Å². The van der Waals surface area contributed by atoms with Crippen LogP contribution in [-0.4, -0.2) is 38.2 Å². The van der Waals surface area contributed by atoms with E-state index in [2.05, 4.69) is 11.9 Å². The number of carbonyl (C=O) groups excluding carboxylic acids is 2. The molecule has 1 aliphatic carbocycles. The van der Waals surface area contributed by atoms with Crippen molar-refractivity contribution in [1.82, 2.24) is 5.32 Å². The number of hydrogen-bond donors (Lipinski definition) is 1. The van der Waals surface area contributed by atoms with Crippen molar-refractivity contribution in [2.24, 2.45) is 5.92 Å². The molecule has 6 nitrogen and oxygen atoms in total. The quantitative estimate of drug-likeness (QED) is 0.528. The van der Waals surface area contributed by atoms with Crippen LogP contribution in [0, 0.1) is 5.92 Å². The Hall–Kier alpha value is -2.50. The van der Waals surface area contributed by atoms with Gasteiger partial charge < -0.3 is 19.5 Å². The number of esters is 1. The molecule has 1 unspecified atom stereocenters. The molecule has 2 rings (SSSR count). The number of methoxy groups -OCH3 is 1. The molecule has 1 saturated carbocycles. The maximum atomic E-state index is 12.3. The molecule has 0 aliphatic heterocycles. The van der Waals surface area contributed by atoms with Gasteiger partial charge in [0.15, 0.2) is 17.6 Å². The van der Waals surface area contributed by atoms with Crippen molar-refractivity contribution in [2.75, 3.05) is 20.3 Å². The zero-order chi connectivity index (χ0) is 19.6. The minimum absolute atomic E-state index is 0.271. The predicted octanol–water partition coefficient (Wildman–Crippen LogP) is 3.50. The number of nitrogens with one attached hydrogen (secondary N) is 1. The standard InChI is InChI=1S/C21H29NO5/c1-4-12-26-18-11-10-17(13-19(18)25-3)21(24)27-15(2)20(23)22-14-16-8-6-5-7-9-16/h4,10-11,13,15-16H,1,5-9,12,14H2,2-3H3,(H,22,23). The Bertz CT molecular complexity index is 652. The number of rotatable bonds is 9. The summed E-state index contributed by atoms with van der Waals surface area (Å²) < 4.78 is 16.0. The van der Waals surface area contributed by atoms with Crippen LogP contribution >= 0.6 is 0 Å². The Morgan fingerprint density at radius 1 is 1.26 bits per heavy atom. The summed E-state index contributed by atoms with van der Waals surface area (Å²) in [5.74, 6) is 0.599. The van der Waals surface area contributed by atoms with Crippen molar-refractivity contribution in [2.45, 2.75) is 45.1 Å². The van der Waals surface area contributed by atoms with Crippen molar-refractivity contribution in [3.05, 3.63) is 36.4 Å². The van der Waals surface area contributed by atoms with Gasteiger partial charge in [-0.05, 0) is 43.9 Å². The van der Waals surface area contributed by atoms with Gasteiger partial charge in [0.25, 0.3) is 5.91 Å². The van der Waals surface area contributed by atoms with Crippen LogP contribution < -0.4 is 14.8 Å². The molecule has 0 heterocycles. The Kier molecular flexibility index (Phi) is 8.17. The summed E-state index contributed by atoms with van der Waals surface area (Å²) in [4.78, 5) is 24.5. The van der Waals surface area contributed by atoms with Crippen LogP contribution in [0.25, 0.3) is 0 Å². The number of hydrogen-bond acceptors (Lipinski definition) is 5. The van der Waals surface area contributed by atoms with Crippen LogP contribution in [0.2, 0.25) is 0 Å². The summed E-state index contributed by atoms with van der Waals surface area (Å²) >= 11 is 0. The van der Waals surface area contributed by atoms with E-state index in [-0.39, 0.29) is 5.91 Å². The number of benzene rings is 1. The minimum atomic E-state index is -0.858. The average molecular weight is 375 g/mol. The molecule has 0 spiro atoms. The second kappa shape index (κ2) is 10.6. The van der Waals surface area contributed by atoms with Crippen LogP contribution in [0.15, 0.2) is 30.9 Å². The molecule has 1 aliphatic rings. The summed E-state index contributed by atoms with van der Waals surface area (Å²) in [6.07, 6.45) is 6.78. The third kappa shape index (κ3) is 6.31. The molecule has 1 N–H and O–H groups in total. The molecule has 6 heteroatoms. The maximum Gasteiger partial charge on any atom is 0.339 e. The fourth-order valence-corrected chi connectivity index (χ4v) is 3.12. The summed E-state index contributed by atoms with van der Waals surface area (Å²) in [5.41, 5.74) is 0.296. The minimum Gasteiger partial charge on any atom is -0.493 e. The van der Waals surface area contributed by atoms with Gasteiger partial charge in [0.2, 0.25) is 0 Å². The lowest BCUT2D eigenvalue weighted by molar-refractivity contribution is -0.129. The zero-order valence-corrected chi connectivity index (χ0v) is 16.2. The van der Waals surface area contributed by atoms with Gasteiger partial charge in [0.1, 0.15) is 6.61 Å². The highest BCUT2D eigenvalue weighted by Gasteiger charge is 2.21. The highest BCUT2D eigenvalue weighted by Crippen LogP contribution is 2.28. The van der Waals surface area contributed by atoms with Gasteiger partial charge in [-0.25, -0.2) is 4.79 Å². The summed E-state index contributed by atoms with van der Waals surface area (Å²) in [6, 6.07) is 4.75. The molecule has 1 aromatic rings. The van der Waals surface area contributed by atoms with E-state index in [0.29, 0.717) is 36.1 Å². The van der Waals surface area contributed by atoms with E-state index < -0.39 is 12.1 Å². The van der Waals surface area contributed by atoms with Crippen molar-refractivity contribution >= 4 is 11.9 Å². The molecule has 1 amide bonds. The molecule has 0 aromatic heterocycles. The maximum absolute atomic E-state index is 12.3. The summed E-state index contributed by atoms with van der Waals surface area (Å²) in [7, 11) is 1.49. The third-order valence-electron chi connectivity index (χ3n) is 4.70. The summed E-state index contributed by atoms with van der Waals surface area (Å²) in [5, 5.41) is 2.89. The fraction of sp³-hybridized carbons (Fsp3) is 0.524. The molecule has 148 valence electrons. The molecular weight excluding hydrogens is 346 g/mol. The van der Waals surface area contributed by atoms with Gasteiger partial charge in [-0.2, -0.15) is 0 Å². The lowest BCUT2D eigenvalue weighted by Gasteiger charge is -2.22. The van der Waals surface area contributed by atoms with Crippen LogP contribution in [0.3, 0.4) is 0 Å². The largest absolute Gasteiger partial charge is 0.493 e. The lowest BCUT2D eigenvalue weighted by atomic mass is 9.89. The Balaban J connectivity index is 1.88. The van der Waals surface area contributed by atoms with E-state index in [1.165, 1.54) is 32.4 Å². The Morgan fingerprint density at radius 3 is 2.67 bits per heavy atom.